The van der Waals surface area contributed by atoms with Crippen molar-refractivity contribution in [1.82, 2.24) is 14.9 Å². The van der Waals surface area contributed by atoms with Crippen molar-refractivity contribution in [2.45, 2.75) is 13.1 Å². The highest BCUT2D eigenvalue weighted by atomic mass is 15.1. The number of nitrogens with two attached hydrogens (primary N) is 1. The van der Waals surface area contributed by atoms with Crippen molar-refractivity contribution in [1.29, 1.82) is 0 Å². The highest BCUT2D eigenvalue weighted by Gasteiger charge is 2.07. The average Bonchev–Trinajstić information content (AvgIpc) is 2.49. The largest absolute Gasteiger partial charge is 0.383 e. The van der Waals surface area contributed by atoms with Crippen molar-refractivity contribution in [3.05, 3.63) is 66.0 Å². The Kier molecular flexibility index (Phi) is 3.79. The summed E-state index contributed by atoms with van der Waals surface area (Å²) in [5, 5.41) is 1.12. The summed E-state index contributed by atoms with van der Waals surface area (Å²) in [6, 6.07) is 14.2. The van der Waals surface area contributed by atoms with E-state index in [-0.39, 0.29) is 0 Å². The zero-order chi connectivity index (χ0) is 14.7. The molecule has 0 saturated carbocycles. The van der Waals surface area contributed by atoms with Gasteiger partial charge < -0.3 is 5.73 Å². The molecule has 2 aromatic heterocycles. The second kappa shape index (κ2) is 5.89. The Morgan fingerprint density at radius 3 is 2.76 bits per heavy atom. The van der Waals surface area contributed by atoms with Crippen LogP contribution >= 0.6 is 0 Å². The van der Waals surface area contributed by atoms with E-state index in [1.54, 1.807) is 6.20 Å². The number of para-hydroxylation sites is 1. The minimum Gasteiger partial charge on any atom is -0.383 e. The lowest BCUT2D eigenvalue weighted by Gasteiger charge is -2.17. The van der Waals surface area contributed by atoms with Crippen molar-refractivity contribution in [3.63, 3.8) is 0 Å². The van der Waals surface area contributed by atoms with Crippen LogP contribution in [0.4, 0.5) is 5.82 Å². The lowest BCUT2D eigenvalue weighted by atomic mass is 10.1. The van der Waals surface area contributed by atoms with Gasteiger partial charge in [0.1, 0.15) is 5.82 Å². The van der Waals surface area contributed by atoms with E-state index in [0.29, 0.717) is 5.82 Å². The SMILES string of the molecule is CN(Cc1cccnc1)Cc1cc2ccccc2nc1N. The summed E-state index contributed by atoms with van der Waals surface area (Å²) >= 11 is 0. The molecular formula is C17H18N4. The standard InChI is InChI=1S/C17H18N4/c1-21(11-13-5-4-8-19-10-13)12-15-9-14-6-2-3-7-16(14)20-17(15)18/h2-10H,11-12H2,1H3,(H2,18,20). The van der Waals surface area contributed by atoms with Crippen molar-refractivity contribution in [3.8, 4) is 0 Å². The molecule has 21 heavy (non-hydrogen) atoms. The summed E-state index contributed by atoms with van der Waals surface area (Å²) in [6.07, 6.45) is 3.67. The number of hydrogen-bond acceptors (Lipinski definition) is 4. The maximum atomic E-state index is 6.08. The fraction of sp³-hybridized carbons (Fsp3) is 0.176. The van der Waals surface area contributed by atoms with Crippen molar-refractivity contribution in [2.75, 3.05) is 12.8 Å². The predicted octanol–water partition coefficient (Wildman–Crippen LogP) is 2.84. The Hall–Kier alpha value is -2.46. The van der Waals surface area contributed by atoms with Crippen LogP contribution in [0.1, 0.15) is 11.1 Å². The second-order valence-electron chi connectivity index (χ2n) is 5.26. The van der Waals surface area contributed by atoms with E-state index in [0.717, 1.165) is 29.6 Å². The molecule has 0 fully saturated rings. The van der Waals surface area contributed by atoms with Gasteiger partial charge in [-0.25, -0.2) is 4.98 Å². The summed E-state index contributed by atoms with van der Waals surface area (Å²) in [7, 11) is 2.07. The molecule has 0 bridgehead atoms. The van der Waals surface area contributed by atoms with Crippen molar-refractivity contribution < 1.29 is 0 Å². The Bertz CT molecular complexity index is 740. The van der Waals surface area contributed by atoms with Gasteiger partial charge in [-0.3, -0.25) is 9.88 Å². The molecule has 0 aliphatic heterocycles. The van der Waals surface area contributed by atoms with Crippen LogP contribution in [0.3, 0.4) is 0 Å². The summed E-state index contributed by atoms with van der Waals surface area (Å²) in [6.45, 7) is 1.60. The van der Waals surface area contributed by atoms with Gasteiger partial charge in [-0.1, -0.05) is 24.3 Å². The van der Waals surface area contributed by atoms with Gasteiger partial charge in [-0.05, 0) is 30.8 Å². The molecule has 0 saturated heterocycles. The number of benzene rings is 1. The topological polar surface area (TPSA) is 55.0 Å². The van der Waals surface area contributed by atoms with E-state index in [1.807, 2.05) is 30.5 Å². The molecular weight excluding hydrogens is 260 g/mol. The summed E-state index contributed by atoms with van der Waals surface area (Å²) in [5.74, 6) is 0.603. The molecule has 0 aliphatic carbocycles. The van der Waals surface area contributed by atoms with Crippen molar-refractivity contribution in [2.24, 2.45) is 0 Å². The van der Waals surface area contributed by atoms with Gasteiger partial charge >= 0.3 is 0 Å². The lowest BCUT2D eigenvalue weighted by Crippen LogP contribution is -2.18. The number of nitrogens with zero attached hydrogens (tertiary/aromatic N) is 3. The Morgan fingerprint density at radius 1 is 1.10 bits per heavy atom. The quantitative estimate of drug-likeness (QED) is 0.797. The molecule has 3 rings (SSSR count). The molecule has 0 radical (unpaired) electrons. The van der Waals surface area contributed by atoms with Crippen LogP contribution in [0.15, 0.2) is 54.9 Å². The smallest absolute Gasteiger partial charge is 0.128 e. The fourth-order valence-electron chi connectivity index (χ4n) is 2.45. The first kappa shape index (κ1) is 13.5. The zero-order valence-electron chi connectivity index (χ0n) is 12.0. The maximum Gasteiger partial charge on any atom is 0.128 e. The van der Waals surface area contributed by atoms with Gasteiger partial charge in [0, 0.05) is 36.4 Å². The summed E-state index contributed by atoms with van der Waals surface area (Å²) in [5.41, 5.74) is 9.26. The van der Waals surface area contributed by atoms with Gasteiger partial charge in [-0.2, -0.15) is 0 Å². The highest BCUT2D eigenvalue weighted by Crippen LogP contribution is 2.19. The first-order valence-corrected chi connectivity index (χ1v) is 6.94. The maximum absolute atomic E-state index is 6.08. The minimum atomic E-state index is 0.603. The molecule has 4 nitrogen and oxygen atoms in total. The van der Waals surface area contributed by atoms with Gasteiger partial charge in [0.05, 0.1) is 5.52 Å². The molecule has 0 aliphatic rings. The molecule has 0 spiro atoms. The fourth-order valence-corrected chi connectivity index (χ4v) is 2.45. The number of fused-ring (bicyclic) bond motifs is 1. The van der Waals surface area contributed by atoms with Gasteiger partial charge in [-0.15, -0.1) is 0 Å². The highest BCUT2D eigenvalue weighted by molar-refractivity contribution is 5.81. The normalized spacial score (nSPS) is 11.1. The predicted molar refractivity (Wildman–Crippen MR) is 85.6 cm³/mol. The van der Waals surface area contributed by atoms with Crippen LogP contribution in [0.2, 0.25) is 0 Å². The Morgan fingerprint density at radius 2 is 1.95 bits per heavy atom. The molecule has 1 aromatic carbocycles. The average molecular weight is 278 g/mol. The number of aromatic nitrogens is 2. The van der Waals surface area contributed by atoms with Crippen LogP contribution in [0.5, 0.6) is 0 Å². The zero-order valence-corrected chi connectivity index (χ0v) is 12.0. The van der Waals surface area contributed by atoms with E-state index >= 15 is 0 Å². The van der Waals surface area contributed by atoms with Gasteiger partial charge in [0.15, 0.2) is 0 Å². The van der Waals surface area contributed by atoms with Crippen LogP contribution < -0.4 is 5.73 Å². The summed E-state index contributed by atoms with van der Waals surface area (Å²) in [4.78, 5) is 10.8. The second-order valence-corrected chi connectivity index (χ2v) is 5.26. The minimum absolute atomic E-state index is 0.603. The third-order valence-electron chi connectivity index (χ3n) is 3.45. The molecule has 0 atom stereocenters. The Balaban J connectivity index is 1.79. The lowest BCUT2D eigenvalue weighted by molar-refractivity contribution is 0.319. The molecule has 2 N–H and O–H groups in total. The van der Waals surface area contributed by atoms with Crippen LogP contribution in [0.25, 0.3) is 10.9 Å². The van der Waals surface area contributed by atoms with E-state index in [9.17, 15) is 0 Å². The molecule has 106 valence electrons. The molecule has 0 unspecified atom stereocenters. The van der Waals surface area contributed by atoms with E-state index in [4.69, 9.17) is 5.73 Å². The first-order chi connectivity index (χ1) is 10.2. The van der Waals surface area contributed by atoms with Crippen LogP contribution in [0, 0.1) is 0 Å². The number of nitrogen functional groups attached to an aromatic ring is 1. The summed E-state index contributed by atoms with van der Waals surface area (Å²) < 4.78 is 0. The first-order valence-electron chi connectivity index (χ1n) is 6.94. The Labute approximate surface area is 124 Å². The number of pyridine rings is 2. The number of hydrogen-bond donors (Lipinski definition) is 1. The molecule has 3 aromatic rings. The third-order valence-corrected chi connectivity index (χ3v) is 3.45. The van der Waals surface area contributed by atoms with Crippen molar-refractivity contribution >= 4 is 16.7 Å². The van der Waals surface area contributed by atoms with Gasteiger partial charge in [0.2, 0.25) is 0 Å². The number of rotatable bonds is 4. The monoisotopic (exact) mass is 278 g/mol. The van der Waals surface area contributed by atoms with Gasteiger partial charge in [0.25, 0.3) is 0 Å². The number of anilines is 1. The van der Waals surface area contributed by atoms with E-state index in [1.165, 1.54) is 5.56 Å². The molecule has 4 heteroatoms. The third kappa shape index (κ3) is 3.17. The van der Waals surface area contributed by atoms with Crippen LogP contribution in [-0.4, -0.2) is 21.9 Å². The van der Waals surface area contributed by atoms with E-state index < -0.39 is 0 Å². The van der Waals surface area contributed by atoms with E-state index in [2.05, 4.69) is 40.1 Å². The molecule has 2 heterocycles. The molecule has 0 amide bonds. The van der Waals surface area contributed by atoms with Crippen LogP contribution in [-0.2, 0) is 13.1 Å².